The number of nitriles is 1. The largest absolute Gasteiger partial charge is 0.489 e. The minimum Gasteiger partial charge on any atom is -0.489 e. The quantitative estimate of drug-likeness (QED) is 0.737. The summed E-state index contributed by atoms with van der Waals surface area (Å²) in [6, 6.07) is 15.1. The molecular weight excluding hydrogens is 376 g/mol. The van der Waals surface area contributed by atoms with Crippen molar-refractivity contribution in [1.29, 1.82) is 5.26 Å². The van der Waals surface area contributed by atoms with Gasteiger partial charge in [0.05, 0.1) is 5.02 Å². The van der Waals surface area contributed by atoms with Crippen molar-refractivity contribution in [3.63, 3.8) is 0 Å². The Bertz CT molecular complexity index is 833. The predicted molar refractivity (Wildman–Crippen MR) is 109 cm³/mol. The van der Waals surface area contributed by atoms with Gasteiger partial charge in [0.15, 0.2) is 0 Å². The van der Waals surface area contributed by atoms with Crippen molar-refractivity contribution < 1.29 is 14.6 Å². The topological polar surface area (TPSA) is 74.5 Å². The van der Waals surface area contributed by atoms with Gasteiger partial charge in [-0.3, -0.25) is 0 Å². The molecule has 5 nitrogen and oxygen atoms in total. The van der Waals surface area contributed by atoms with Gasteiger partial charge < -0.3 is 19.9 Å². The van der Waals surface area contributed by atoms with Gasteiger partial charge in [-0.15, -0.1) is 0 Å². The molecule has 0 saturated carbocycles. The first-order valence-corrected chi connectivity index (χ1v) is 9.85. The Morgan fingerprint density at radius 1 is 1.25 bits per heavy atom. The lowest BCUT2D eigenvalue weighted by atomic mass is 10.0. The molecule has 1 heterocycles. The molecule has 3 atom stereocenters. The molecule has 0 aliphatic carbocycles. The molecule has 0 spiro atoms. The molecule has 0 aromatic heterocycles. The lowest BCUT2D eigenvalue weighted by Gasteiger charge is -2.19. The van der Waals surface area contributed by atoms with Gasteiger partial charge in [0.2, 0.25) is 0 Å². The van der Waals surface area contributed by atoms with Crippen molar-refractivity contribution in [2.75, 3.05) is 13.2 Å². The summed E-state index contributed by atoms with van der Waals surface area (Å²) in [7, 11) is 0. The van der Waals surface area contributed by atoms with E-state index in [1.165, 1.54) is 5.56 Å². The lowest BCUT2D eigenvalue weighted by Crippen LogP contribution is -2.38. The molecule has 148 valence electrons. The van der Waals surface area contributed by atoms with Crippen LogP contribution in [0.1, 0.15) is 37.3 Å². The second-order valence-corrected chi connectivity index (χ2v) is 7.72. The number of nitrogens with one attached hydrogen (secondary N) is 1. The molecule has 1 fully saturated rings. The van der Waals surface area contributed by atoms with Crippen LogP contribution in [0.4, 0.5) is 0 Å². The van der Waals surface area contributed by atoms with Crippen molar-refractivity contribution in [2.24, 2.45) is 0 Å². The van der Waals surface area contributed by atoms with E-state index in [1.54, 1.807) is 18.2 Å². The van der Waals surface area contributed by atoms with Crippen LogP contribution >= 0.6 is 11.6 Å². The first kappa shape index (κ1) is 20.5. The number of benzene rings is 2. The van der Waals surface area contributed by atoms with Gasteiger partial charge in [0, 0.05) is 19.0 Å². The van der Waals surface area contributed by atoms with Crippen LogP contribution in [0.3, 0.4) is 0 Å². The number of aliphatic hydroxyl groups is 1. The Morgan fingerprint density at radius 3 is 2.68 bits per heavy atom. The summed E-state index contributed by atoms with van der Waals surface area (Å²) in [5.74, 6) is 1.70. The Balaban J connectivity index is 1.51. The maximum Gasteiger partial charge on any atom is 0.138 e. The van der Waals surface area contributed by atoms with Crippen LogP contribution in [-0.2, 0) is 0 Å². The van der Waals surface area contributed by atoms with E-state index >= 15 is 0 Å². The normalized spacial score (nSPS) is 20.0. The van der Waals surface area contributed by atoms with Crippen LogP contribution in [0.15, 0.2) is 42.5 Å². The number of hydrogen-bond donors (Lipinski definition) is 2. The highest BCUT2D eigenvalue weighted by Crippen LogP contribution is 2.26. The monoisotopic (exact) mass is 400 g/mol. The van der Waals surface area contributed by atoms with Gasteiger partial charge in [-0.05, 0) is 35.7 Å². The van der Waals surface area contributed by atoms with Gasteiger partial charge in [-0.1, -0.05) is 43.6 Å². The average Bonchev–Trinajstić information content (AvgIpc) is 3.15. The molecule has 0 bridgehead atoms. The van der Waals surface area contributed by atoms with E-state index < -0.39 is 6.10 Å². The zero-order valence-corrected chi connectivity index (χ0v) is 16.8. The van der Waals surface area contributed by atoms with Crippen molar-refractivity contribution in [2.45, 2.75) is 44.4 Å². The minimum atomic E-state index is -0.720. The first-order valence-electron chi connectivity index (χ1n) is 9.47. The van der Waals surface area contributed by atoms with Crippen LogP contribution in [-0.4, -0.2) is 36.5 Å². The highest BCUT2D eigenvalue weighted by Gasteiger charge is 2.31. The summed E-state index contributed by atoms with van der Waals surface area (Å²) in [5.41, 5.74) is 1.56. The number of halogens is 1. The zero-order valence-electron chi connectivity index (χ0n) is 16.1. The highest BCUT2D eigenvalue weighted by molar-refractivity contribution is 6.31. The highest BCUT2D eigenvalue weighted by atomic mass is 35.5. The molecule has 1 aliphatic heterocycles. The molecule has 6 heteroatoms. The van der Waals surface area contributed by atoms with E-state index in [0.29, 0.717) is 29.7 Å². The van der Waals surface area contributed by atoms with E-state index in [1.807, 2.05) is 18.2 Å². The third kappa shape index (κ3) is 4.96. The Morgan fingerprint density at radius 2 is 2.00 bits per heavy atom. The smallest absolute Gasteiger partial charge is 0.138 e. The Labute approximate surface area is 170 Å². The molecule has 0 radical (unpaired) electrons. The van der Waals surface area contributed by atoms with Gasteiger partial charge in [0.1, 0.15) is 41.9 Å². The summed E-state index contributed by atoms with van der Waals surface area (Å²) in [4.78, 5) is 0. The molecule has 28 heavy (non-hydrogen) atoms. The Hall–Kier alpha value is -2.26. The molecule has 3 rings (SSSR count). The number of aliphatic hydroxyl groups excluding tert-OH is 1. The standard InChI is InChI=1S/C22H25ClN2O3/c1-14(2)15-6-8-16(9-7-15)28-17-10-20(25-12-17)21(26)13-27-22-5-3-4-19(23)18(22)11-24/h3-9,14,17,20-21,25-26H,10,12-13H2,1-2H3/t17-,20?,21?/m1/s1. The van der Waals surface area contributed by atoms with Crippen molar-refractivity contribution in [1.82, 2.24) is 5.32 Å². The fraction of sp³-hybridized carbons (Fsp3) is 0.409. The van der Waals surface area contributed by atoms with Gasteiger partial charge in [0.25, 0.3) is 0 Å². The summed E-state index contributed by atoms with van der Waals surface area (Å²) in [6.07, 6.45) is -0.0512. The van der Waals surface area contributed by atoms with Gasteiger partial charge >= 0.3 is 0 Å². The molecule has 0 amide bonds. The molecule has 2 aromatic rings. The zero-order chi connectivity index (χ0) is 20.1. The number of rotatable bonds is 7. The second kappa shape index (κ2) is 9.29. The summed E-state index contributed by atoms with van der Waals surface area (Å²) >= 11 is 6.00. The van der Waals surface area contributed by atoms with E-state index in [9.17, 15) is 10.4 Å². The summed E-state index contributed by atoms with van der Waals surface area (Å²) in [5, 5.41) is 23.3. The first-order chi connectivity index (χ1) is 13.5. The lowest BCUT2D eigenvalue weighted by molar-refractivity contribution is 0.0754. The summed E-state index contributed by atoms with van der Waals surface area (Å²) in [6.45, 7) is 5.05. The van der Waals surface area contributed by atoms with Crippen molar-refractivity contribution >= 4 is 11.6 Å². The molecule has 1 saturated heterocycles. The van der Waals surface area contributed by atoms with E-state index in [0.717, 1.165) is 5.75 Å². The van der Waals surface area contributed by atoms with Crippen LogP contribution in [0.25, 0.3) is 0 Å². The Kier molecular flexibility index (Phi) is 6.79. The van der Waals surface area contributed by atoms with E-state index in [2.05, 4.69) is 31.3 Å². The van der Waals surface area contributed by atoms with Gasteiger partial charge in [-0.2, -0.15) is 5.26 Å². The SMILES string of the molecule is CC(C)c1ccc(O[C@H]2CNC(C(O)COc3cccc(Cl)c3C#N)C2)cc1. The molecule has 2 unspecified atom stereocenters. The summed E-state index contributed by atoms with van der Waals surface area (Å²) < 4.78 is 11.7. The van der Waals surface area contributed by atoms with Gasteiger partial charge in [-0.25, -0.2) is 0 Å². The van der Waals surface area contributed by atoms with Crippen LogP contribution in [0, 0.1) is 11.3 Å². The van der Waals surface area contributed by atoms with Crippen LogP contribution < -0.4 is 14.8 Å². The number of hydrogen-bond acceptors (Lipinski definition) is 5. The van der Waals surface area contributed by atoms with Crippen molar-refractivity contribution in [3.8, 4) is 17.6 Å². The minimum absolute atomic E-state index is 0.00890. The third-order valence-corrected chi connectivity index (χ3v) is 5.25. The second-order valence-electron chi connectivity index (χ2n) is 7.32. The van der Waals surface area contributed by atoms with E-state index in [4.69, 9.17) is 21.1 Å². The maximum atomic E-state index is 10.5. The third-order valence-electron chi connectivity index (χ3n) is 4.94. The fourth-order valence-corrected chi connectivity index (χ4v) is 3.47. The molecular formula is C22H25ClN2O3. The van der Waals surface area contributed by atoms with Crippen molar-refractivity contribution in [3.05, 3.63) is 58.6 Å². The molecule has 2 aromatic carbocycles. The average molecular weight is 401 g/mol. The predicted octanol–water partition coefficient (Wildman–Crippen LogP) is 3.88. The molecule has 2 N–H and O–H groups in total. The maximum absolute atomic E-state index is 10.5. The molecule has 1 aliphatic rings. The number of ether oxygens (including phenoxy) is 2. The van der Waals surface area contributed by atoms with E-state index in [-0.39, 0.29) is 24.3 Å². The number of nitrogens with zero attached hydrogens (tertiary/aromatic N) is 1. The van der Waals surface area contributed by atoms with Crippen LogP contribution in [0.2, 0.25) is 5.02 Å². The fourth-order valence-electron chi connectivity index (χ4n) is 3.26. The van der Waals surface area contributed by atoms with Crippen LogP contribution in [0.5, 0.6) is 11.5 Å².